The predicted molar refractivity (Wildman–Crippen MR) is 78.7 cm³/mol. The Labute approximate surface area is 118 Å². The van der Waals surface area contributed by atoms with Crippen LogP contribution >= 0.6 is 0 Å². The van der Waals surface area contributed by atoms with Crippen LogP contribution in [0.25, 0.3) is 0 Å². The Morgan fingerprint density at radius 2 is 0.737 bits per heavy atom. The van der Waals surface area contributed by atoms with E-state index in [0.29, 0.717) is 0 Å². The van der Waals surface area contributed by atoms with Gasteiger partial charge in [-0.15, -0.1) is 0 Å². The van der Waals surface area contributed by atoms with Crippen molar-refractivity contribution >= 4 is 0 Å². The van der Waals surface area contributed by atoms with Crippen molar-refractivity contribution in [2.24, 2.45) is 47.3 Å². The van der Waals surface area contributed by atoms with E-state index in [2.05, 4.69) is 0 Å². The fourth-order valence-electron chi connectivity index (χ4n) is 7.70. The zero-order valence-electron chi connectivity index (χ0n) is 12.4. The first-order chi connectivity index (χ1) is 9.38. The van der Waals surface area contributed by atoms with Gasteiger partial charge in [-0.05, 0) is 92.3 Å². The Morgan fingerprint density at radius 3 is 1.00 bits per heavy atom. The van der Waals surface area contributed by atoms with Crippen molar-refractivity contribution in [2.75, 3.05) is 0 Å². The first kappa shape index (κ1) is 11.6. The molecule has 0 aromatic rings. The van der Waals surface area contributed by atoms with Crippen molar-refractivity contribution in [3.05, 3.63) is 0 Å². The molecule has 0 aliphatic heterocycles. The number of fused-ring (bicyclic) bond motifs is 11. The molecule has 106 valence electrons. The highest BCUT2D eigenvalue weighted by atomic mass is 14.6. The topological polar surface area (TPSA) is 0 Å². The van der Waals surface area contributed by atoms with Gasteiger partial charge in [0, 0.05) is 0 Å². The van der Waals surface area contributed by atoms with E-state index >= 15 is 0 Å². The molecule has 4 unspecified atom stereocenters. The third kappa shape index (κ3) is 1.70. The average molecular weight is 258 g/mol. The highest BCUT2D eigenvalue weighted by molar-refractivity contribution is 5.08. The highest BCUT2D eigenvalue weighted by Gasteiger charge is 2.59. The zero-order valence-corrected chi connectivity index (χ0v) is 12.4. The molecule has 6 fully saturated rings. The van der Waals surface area contributed by atoms with E-state index in [1.165, 1.54) is 47.3 Å². The molecule has 0 aromatic carbocycles. The van der Waals surface area contributed by atoms with E-state index in [9.17, 15) is 0 Å². The number of hydrogen-bond acceptors (Lipinski definition) is 0. The van der Waals surface area contributed by atoms with E-state index < -0.39 is 0 Å². The lowest BCUT2D eigenvalue weighted by molar-refractivity contribution is 0.146. The van der Waals surface area contributed by atoms with Crippen LogP contribution in [-0.2, 0) is 0 Å². The zero-order chi connectivity index (χ0) is 12.4. The van der Waals surface area contributed by atoms with Gasteiger partial charge < -0.3 is 0 Å². The van der Waals surface area contributed by atoms with Gasteiger partial charge in [-0.3, -0.25) is 0 Å². The van der Waals surface area contributed by atoms with Gasteiger partial charge in [0.05, 0.1) is 0 Å². The lowest BCUT2D eigenvalue weighted by atomic mass is 9.71. The Balaban J connectivity index is 0.000000108. The summed E-state index contributed by atoms with van der Waals surface area (Å²) in [5, 5.41) is 0. The molecule has 0 nitrogen and oxygen atoms in total. The maximum absolute atomic E-state index is 1.64. The summed E-state index contributed by atoms with van der Waals surface area (Å²) >= 11 is 0. The molecule has 6 aliphatic rings. The summed E-state index contributed by atoms with van der Waals surface area (Å²) in [7, 11) is 0. The van der Waals surface area contributed by atoms with Crippen molar-refractivity contribution < 1.29 is 0 Å². The summed E-state index contributed by atoms with van der Waals surface area (Å²) < 4.78 is 0. The summed E-state index contributed by atoms with van der Waals surface area (Å²) in [5.74, 6) is 9.64. The van der Waals surface area contributed by atoms with Gasteiger partial charge in [0.1, 0.15) is 0 Å². The molecule has 6 saturated carbocycles. The third-order valence-electron chi connectivity index (χ3n) is 8.28. The minimum atomic E-state index is 1.17. The van der Waals surface area contributed by atoms with Gasteiger partial charge >= 0.3 is 0 Å². The van der Waals surface area contributed by atoms with Crippen molar-refractivity contribution in [2.45, 2.75) is 70.6 Å². The van der Waals surface area contributed by atoms with Gasteiger partial charge in [0.2, 0.25) is 0 Å². The molecule has 4 atom stereocenters. The molecule has 6 bridgehead atoms. The van der Waals surface area contributed by atoms with Crippen LogP contribution in [0.2, 0.25) is 0 Å². The van der Waals surface area contributed by atoms with E-state index in [1.54, 1.807) is 70.6 Å². The molecule has 6 aliphatic carbocycles. The molecular formula is C19H30. The molecule has 19 heavy (non-hydrogen) atoms. The summed E-state index contributed by atoms with van der Waals surface area (Å²) in [6.07, 6.45) is 17.5. The van der Waals surface area contributed by atoms with E-state index in [0.717, 1.165) is 0 Å². The van der Waals surface area contributed by atoms with Crippen LogP contribution in [-0.4, -0.2) is 0 Å². The van der Waals surface area contributed by atoms with Gasteiger partial charge in [-0.1, -0.05) is 25.7 Å². The maximum atomic E-state index is 1.64. The summed E-state index contributed by atoms with van der Waals surface area (Å²) in [6.45, 7) is 0. The van der Waals surface area contributed by atoms with Gasteiger partial charge in [-0.25, -0.2) is 0 Å². The fourth-order valence-corrected chi connectivity index (χ4v) is 7.70. The Kier molecular flexibility index (Phi) is 2.60. The molecule has 0 spiro atoms. The first-order valence-electron chi connectivity index (χ1n) is 9.38. The van der Waals surface area contributed by atoms with E-state index in [1.807, 2.05) is 0 Å². The van der Waals surface area contributed by atoms with Crippen molar-refractivity contribution in [3.63, 3.8) is 0 Å². The molecule has 0 N–H and O–H groups in total. The normalized spacial score (nSPS) is 59.4. The second kappa shape index (κ2) is 4.25. The maximum Gasteiger partial charge on any atom is -0.0323 e. The van der Waals surface area contributed by atoms with Crippen LogP contribution in [0.15, 0.2) is 0 Å². The van der Waals surface area contributed by atoms with Crippen LogP contribution in [0.3, 0.4) is 0 Å². The van der Waals surface area contributed by atoms with Crippen molar-refractivity contribution in [1.82, 2.24) is 0 Å². The minimum absolute atomic E-state index is 1.17. The van der Waals surface area contributed by atoms with E-state index in [4.69, 9.17) is 0 Å². The monoisotopic (exact) mass is 258 g/mol. The molecule has 0 saturated heterocycles. The van der Waals surface area contributed by atoms with Crippen LogP contribution in [0.1, 0.15) is 70.6 Å². The summed E-state index contributed by atoms with van der Waals surface area (Å²) in [6, 6.07) is 0. The summed E-state index contributed by atoms with van der Waals surface area (Å²) in [5.41, 5.74) is 0. The molecule has 6 rings (SSSR count). The van der Waals surface area contributed by atoms with Gasteiger partial charge in [-0.2, -0.15) is 0 Å². The van der Waals surface area contributed by atoms with Gasteiger partial charge in [0.25, 0.3) is 0 Å². The predicted octanol–water partition coefficient (Wildman–Crippen LogP) is 5.28. The number of rotatable bonds is 0. The molecule has 0 aromatic heterocycles. The highest BCUT2D eigenvalue weighted by Crippen LogP contribution is 2.67. The Bertz CT molecular complexity index is 297. The average Bonchev–Trinajstić information content (AvgIpc) is 3.26. The molecule has 0 heteroatoms. The summed E-state index contributed by atoms with van der Waals surface area (Å²) in [4.78, 5) is 0. The Morgan fingerprint density at radius 1 is 0.368 bits per heavy atom. The minimum Gasteiger partial charge on any atom is -0.0502 e. The molecule has 0 amide bonds. The first-order valence-corrected chi connectivity index (χ1v) is 9.38. The smallest absolute Gasteiger partial charge is 0.0323 e. The van der Waals surface area contributed by atoms with E-state index in [-0.39, 0.29) is 0 Å². The van der Waals surface area contributed by atoms with Crippen LogP contribution in [0, 0.1) is 47.3 Å². The van der Waals surface area contributed by atoms with Crippen molar-refractivity contribution in [3.8, 4) is 0 Å². The van der Waals surface area contributed by atoms with Gasteiger partial charge in [0.15, 0.2) is 0 Å². The lowest BCUT2D eigenvalue weighted by Gasteiger charge is -2.34. The second-order valence-electron chi connectivity index (χ2n) is 8.94. The van der Waals surface area contributed by atoms with Crippen LogP contribution in [0.5, 0.6) is 0 Å². The number of hydrogen-bond donors (Lipinski definition) is 0. The SMILES string of the molecule is C1CC2CC1C1C3CCC(C3)C21.C1CC2CCC1C2. The quantitative estimate of drug-likeness (QED) is 0.519. The standard InChI is InChI=1S/C12H18.C7H12/c1-2-8-5-7(1)11-9-3-4-10(6-9)12(8)11;1-2-7-4-3-6(1)5-7/h7-12H,1-6H2;6-7H,1-5H2. The molecular weight excluding hydrogens is 228 g/mol. The third-order valence-corrected chi connectivity index (χ3v) is 8.28. The Hall–Kier alpha value is 0. The fraction of sp³-hybridized carbons (Fsp3) is 1.00. The molecule has 0 radical (unpaired) electrons. The second-order valence-corrected chi connectivity index (χ2v) is 8.94. The lowest BCUT2D eigenvalue weighted by Crippen LogP contribution is -2.27. The van der Waals surface area contributed by atoms with Crippen molar-refractivity contribution in [1.29, 1.82) is 0 Å². The largest absolute Gasteiger partial charge is 0.0502 e. The van der Waals surface area contributed by atoms with Crippen LogP contribution < -0.4 is 0 Å². The molecule has 0 heterocycles. The van der Waals surface area contributed by atoms with Crippen LogP contribution in [0.4, 0.5) is 0 Å².